The zero-order chi connectivity index (χ0) is 15.1. The van der Waals surface area contributed by atoms with Crippen LogP contribution in [0.25, 0.3) is 0 Å². The van der Waals surface area contributed by atoms with Crippen molar-refractivity contribution in [1.29, 1.82) is 0 Å². The van der Waals surface area contributed by atoms with Crippen LogP contribution in [0, 0.1) is 17.6 Å². The van der Waals surface area contributed by atoms with Crippen LogP contribution in [-0.2, 0) is 4.79 Å². The molecule has 0 fully saturated rings. The summed E-state index contributed by atoms with van der Waals surface area (Å²) in [5, 5.41) is 2.66. The molecule has 1 amide bonds. The second-order valence-corrected chi connectivity index (χ2v) is 4.70. The molecule has 1 unspecified atom stereocenters. The van der Waals surface area contributed by atoms with Crippen LogP contribution in [0.5, 0.6) is 0 Å². The molecule has 118 valence electrons. The summed E-state index contributed by atoms with van der Waals surface area (Å²) in [6, 6.07) is 2.94. The Bertz CT molecular complexity index is 498. The molecule has 0 heterocycles. The lowest BCUT2D eigenvalue weighted by Gasteiger charge is -2.09. The minimum absolute atomic E-state index is 0. The van der Waals surface area contributed by atoms with Gasteiger partial charge in [0.2, 0.25) is 5.91 Å². The molecule has 0 saturated carbocycles. The Balaban J connectivity index is 0.00000400. The molecule has 0 aliphatic carbocycles. The quantitative estimate of drug-likeness (QED) is 0.755. The molecule has 0 aliphatic rings. The van der Waals surface area contributed by atoms with Gasteiger partial charge in [0.1, 0.15) is 0 Å². The highest BCUT2D eigenvalue weighted by Crippen LogP contribution is 2.11. The summed E-state index contributed by atoms with van der Waals surface area (Å²) < 4.78 is 25.7. The van der Waals surface area contributed by atoms with Crippen molar-refractivity contribution in [1.82, 2.24) is 5.32 Å². The number of Topliss-reactive ketones (excluding diaryl/α,β-unsaturated/α-hetero) is 1. The van der Waals surface area contributed by atoms with Gasteiger partial charge < -0.3 is 11.1 Å². The highest BCUT2D eigenvalue weighted by molar-refractivity contribution is 5.97. The third-order valence-electron chi connectivity index (χ3n) is 2.87. The summed E-state index contributed by atoms with van der Waals surface area (Å²) in [4.78, 5) is 23.2. The van der Waals surface area contributed by atoms with Crippen molar-refractivity contribution in [3.63, 3.8) is 0 Å². The van der Waals surface area contributed by atoms with E-state index in [1.807, 2.05) is 6.92 Å². The predicted molar refractivity (Wildman–Crippen MR) is 78.4 cm³/mol. The lowest BCUT2D eigenvalue weighted by molar-refractivity contribution is -0.121. The predicted octanol–water partition coefficient (Wildman–Crippen LogP) is 2.06. The number of hydrogen-bond acceptors (Lipinski definition) is 3. The largest absolute Gasteiger partial charge is 0.356 e. The number of ketones is 1. The molecular weight excluding hydrogens is 302 g/mol. The topological polar surface area (TPSA) is 72.2 Å². The first-order chi connectivity index (χ1) is 9.43. The fraction of sp³-hybridized carbons (Fsp3) is 0.429. The van der Waals surface area contributed by atoms with Crippen LogP contribution in [-0.4, -0.2) is 24.8 Å². The standard InChI is InChI=1S/C14H18F2N2O2.ClH/c1-9(7-17)8-18-14(20)5-4-13(19)10-2-3-11(15)12(16)6-10;/h2-3,6,9H,4-5,7-8,17H2,1H3,(H,18,20);1H. The number of amides is 1. The van der Waals surface area contributed by atoms with E-state index in [9.17, 15) is 18.4 Å². The van der Waals surface area contributed by atoms with Crippen LogP contribution in [0.4, 0.5) is 8.78 Å². The molecule has 0 bridgehead atoms. The van der Waals surface area contributed by atoms with Gasteiger partial charge in [-0.2, -0.15) is 0 Å². The smallest absolute Gasteiger partial charge is 0.220 e. The van der Waals surface area contributed by atoms with Gasteiger partial charge in [-0.1, -0.05) is 6.92 Å². The van der Waals surface area contributed by atoms with Crippen LogP contribution in [0.15, 0.2) is 18.2 Å². The molecule has 1 aromatic carbocycles. The number of nitrogens with two attached hydrogens (primary N) is 1. The number of rotatable bonds is 7. The van der Waals surface area contributed by atoms with Crippen molar-refractivity contribution in [2.45, 2.75) is 19.8 Å². The Morgan fingerprint density at radius 3 is 2.48 bits per heavy atom. The van der Waals surface area contributed by atoms with E-state index in [2.05, 4.69) is 5.32 Å². The highest BCUT2D eigenvalue weighted by atomic mass is 35.5. The third-order valence-corrected chi connectivity index (χ3v) is 2.87. The van der Waals surface area contributed by atoms with Crippen LogP contribution in [0.3, 0.4) is 0 Å². The van der Waals surface area contributed by atoms with Crippen molar-refractivity contribution < 1.29 is 18.4 Å². The van der Waals surface area contributed by atoms with E-state index in [1.54, 1.807) is 0 Å². The molecule has 0 spiro atoms. The Hall–Kier alpha value is -1.53. The van der Waals surface area contributed by atoms with Gasteiger partial charge in [-0.05, 0) is 30.7 Å². The molecule has 1 atom stereocenters. The third kappa shape index (κ3) is 6.64. The fourth-order valence-electron chi connectivity index (χ4n) is 1.50. The summed E-state index contributed by atoms with van der Waals surface area (Å²) in [5.74, 6) is -2.57. The van der Waals surface area contributed by atoms with E-state index in [0.717, 1.165) is 12.1 Å². The monoisotopic (exact) mass is 320 g/mol. The number of nitrogens with one attached hydrogen (secondary N) is 1. The van der Waals surface area contributed by atoms with E-state index in [1.165, 1.54) is 6.07 Å². The maximum atomic E-state index is 13.0. The van der Waals surface area contributed by atoms with Gasteiger partial charge in [0.25, 0.3) is 0 Å². The number of benzene rings is 1. The SMILES string of the molecule is CC(CN)CNC(=O)CCC(=O)c1ccc(F)c(F)c1.Cl. The van der Waals surface area contributed by atoms with Gasteiger partial charge in [0, 0.05) is 24.9 Å². The van der Waals surface area contributed by atoms with Gasteiger partial charge in [0.15, 0.2) is 17.4 Å². The Morgan fingerprint density at radius 1 is 1.24 bits per heavy atom. The van der Waals surface area contributed by atoms with Crippen molar-refractivity contribution in [3.05, 3.63) is 35.4 Å². The molecular formula is C14H19ClF2N2O2. The summed E-state index contributed by atoms with van der Waals surface area (Å²) >= 11 is 0. The lowest BCUT2D eigenvalue weighted by Crippen LogP contribution is -2.31. The van der Waals surface area contributed by atoms with E-state index in [0.29, 0.717) is 13.1 Å². The number of carbonyl (C=O) groups is 2. The normalized spacial score (nSPS) is 11.4. The number of hydrogen-bond donors (Lipinski definition) is 2. The highest BCUT2D eigenvalue weighted by Gasteiger charge is 2.12. The molecule has 0 aliphatic heterocycles. The van der Waals surface area contributed by atoms with Crippen LogP contribution in [0.1, 0.15) is 30.1 Å². The summed E-state index contributed by atoms with van der Waals surface area (Å²) in [6.07, 6.45) is -0.0387. The number of halogens is 3. The molecule has 7 heteroatoms. The van der Waals surface area contributed by atoms with Gasteiger partial charge in [-0.25, -0.2) is 8.78 Å². The first-order valence-corrected chi connectivity index (χ1v) is 6.39. The Kier molecular flexibility index (Phi) is 8.73. The molecule has 21 heavy (non-hydrogen) atoms. The Morgan fingerprint density at radius 2 is 1.90 bits per heavy atom. The second kappa shape index (κ2) is 9.41. The van der Waals surface area contributed by atoms with Crippen LogP contribution < -0.4 is 11.1 Å². The number of carbonyl (C=O) groups excluding carboxylic acids is 2. The van der Waals surface area contributed by atoms with Crippen molar-refractivity contribution in [3.8, 4) is 0 Å². The zero-order valence-corrected chi connectivity index (χ0v) is 12.5. The first kappa shape index (κ1) is 19.5. The summed E-state index contributed by atoms with van der Waals surface area (Å²) in [7, 11) is 0. The average Bonchev–Trinajstić information content (AvgIpc) is 2.44. The summed E-state index contributed by atoms with van der Waals surface area (Å²) in [5.41, 5.74) is 5.47. The Labute approximate surface area is 128 Å². The van der Waals surface area contributed by atoms with E-state index in [4.69, 9.17) is 5.73 Å². The first-order valence-electron chi connectivity index (χ1n) is 6.39. The second-order valence-electron chi connectivity index (χ2n) is 4.70. The lowest BCUT2D eigenvalue weighted by atomic mass is 10.1. The minimum Gasteiger partial charge on any atom is -0.356 e. The van der Waals surface area contributed by atoms with Gasteiger partial charge in [-0.15, -0.1) is 12.4 Å². The van der Waals surface area contributed by atoms with Crippen molar-refractivity contribution >= 4 is 24.1 Å². The van der Waals surface area contributed by atoms with Crippen molar-refractivity contribution in [2.24, 2.45) is 11.7 Å². The van der Waals surface area contributed by atoms with E-state index in [-0.39, 0.29) is 42.6 Å². The molecule has 0 saturated heterocycles. The maximum Gasteiger partial charge on any atom is 0.220 e. The maximum absolute atomic E-state index is 13.0. The van der Waals surface area contributed by atoms with E-state index < -0.39 is 17.4 Å². The molecule has 3 N–H and O–H groups in total. The summed E-state index contributed by atoms with van der Waals surface area (Å²) in [6.45, 7) is 2.81. The fourth-order valence-corrected chi connectivity index (χ4v) is 1.50. The van der Waals surface area contributed by atoms with Crippen LogP contribution in [0.2, 0.25) is 0 Å². The average molecular weight is 321 g/mol. The van der Waals surface area contributed by atoms with Crippen molar-refractivity contribution in [2.75, 3.05) is 13.1 Å². The molecule has 0 aromatic heterocycles. The zero-order valence-electron chi connectivity index (χ0n) is 11.7. The van der Waals surface area contributed by atoms with Gasteiger partial charge >= 0.3 is 0 Å². The molecule has 4 nitrogen and oxygen atoms in total. The molecule has 1 rings (SSSR count). The molecule has 1 aromatic rings. The minimum atomic E-state index is -1.07. The van der Waals surface area contributed by atoms with E-state index >= 15 is 0 Å². The van der Waals surface area contributed by atoms with Crippen LogP contribution >= 0.6 is 12.4 Å². The van der Waals surface area contributed by atoms with Gasteiger partial charge in [0.05, 0.1) is 0 Å². The molecule has 0 radical (unpaired) electrons. The van der Waals surface area contributed by atoms with Gasteiger partial charge in [-0.3, -0.25) is 9.59 Å².